The van der Waals surface area contributed by atoms with Gasteiger partial charge in [0.25, 0.3) is 0 Å². The van der Waals surface area contributed by atoms with Crippen molar-refractivity contribution in [2.75, 3.05) is 0 Å². The van der Waals surface area contributed by atoms with Crippen molar-refractivity contribution in [3.05, 3.63) is 22.8 Å². The lowest BCUT2D eigenvalue weighted by Crippen LogP contribution is -2.11. The Balaban J connectivity index is 2.81. The SMILES string of the molecule is C/C(=C\C(CC(C)C)=C1CC1)C(C)(C)P. The van der Waals surface area contributed by atoms with Gasteiger partial charge in [-0.25, -0.2) is 0 Å². The highest BCUT2D eigenvalue weighted by molar-refractivity contribution is 7.19. The van der Waals surface area contributed by atoms with Gasteiger partial charge in [0, 0.05) is 5.16 Å². The summed E-state index contributed by atoms with van der Waals surface area (Å²) in [5.41, 5.74) is 4.78. The molecular weight excluding hydrogens is 199 g/mol. The predicted octanol–water partition coefficient (Wildman–Crippen LogP) is 4.72. The predicted molar refractivity (Wildman–Crippen MR) is 73.3 cm³/mol. The van der Waals surface area contributed by atoms with Crippen LogP contribution >= 0.6 is 9.24 Å². The zero-order valence-corrected chi connectivity index (χ0v) is 12.0. The minimum absolute atomic E-state index is 0.234. The fraction of sp³-hybridized carbons (Fsp3) is 0.714. The van der Waals surface area contributed by atoms with Crippen molar-refractivity contribution in [1.82, 2.24) is 0 Å². The Labute approximate surface area is 97.4 Å². The third-order valence-electron chi connectivity index (χ3n) is 2.99. The van der Waals surface area contributed by atoms with Crippen molar-refractivity contribution in [3.8, 4) is 0 Å². The second-order valence-corrected chi connectivity index (χ2v) is 7.22. The van der Waals surface area contributed by atoms with E-state index in [4.69, 9.17) is 0 Å². The molecule has 1 heteroatoms. The molecule has 0 radical (unpaired) electrons. The number of hydrogen-bond acceptors (Lipinski definition) is 0. The highest BCUT2D eigenvalue weighted by Crippen LogP contribution is 2.37. The van der Waals surface area contributed by atoms with Crippen LogP contribution < -0.4 is 0 Å². The molecule has 0 saturated heterocycles. The average Bonchev–Trinajstić information content (AvgIpc) is 2.81. The molecule has 0 N–H and O–H groups in total. The first-order valence-electron chi connectivity index (χ1n) is 5.99. The van der Waals surface area contributed by atoms with Crippen LogP contribution in [0, 0.1) is 5.92 Å². The first-order valence-corrected chi connectivity index (χ1v) is 6.57. The molecule has 1 rings (SSSR count). The maximum Gasteiger partial charge on any atom is 0.0000822 e. The number of rotatable bonds is 4. The first-order chi connectivity index (χ1) is 6.80. The van der Waals surface area contributed by atoms with Gasteiger partial charge in [-0.2, -0.15) is 0 Å². The van der Waals surface area contributed by atoms with Crippen LogP contribution in [0.15, 0.2) is 22.8 Å². The normalized spacial score (nSPS) is 17.3. The van der Waals surface area contributed by atoms with E-state index >= 15 is 0 Å². The van der Waals surface area contributed by atoms with E-state index in [-0.39, 0.29) is 5.16 Å². The van der Waals surface area contributed by atoms with Gasteiger partial charge in [0.2, 0.25) is 0 Å². The van der Waals surface area contributed by atoms with Crippen molar-refractivity contribution < 1.29 is 0 Å². The van der Waals surface area contributed by atoms with Crippen LogP contribution in [-0.4, -0.2) is 5.16 Å². The summed E-state index contributed by atoms with van der Waals surface area (Å²) in [6.07, 6.45) is 6.34. The maximum atomic E-state index is 2.93. The summed E-state index contributed by atoms with van der Waals surface area (Å²) in [6.45, 7) is 11.4. The van der Waals surface area contributed by atoms with Crippen LogP contribution in [-0.2, 0) is 0 Å². The average molecular weight is 224 g/mol. The molecule has 0 aromatic rings. The summed E-state index contributed by atoms with van der Waals surface area (Å²) in [5.74, 6) is 0.768. The Bertz CT molecular complexity index is 281. The standard InChI is InChI=1S/C14H25P/c1-10(2)8-13(12-6-7-12)9-11(3)14(4,5)15/h9-10H,6-8,15H2,1-5H3/b11-9+. The van der Waals surface area contributed by atoms with Crippen LogP contribution in [0.2, 0.25) is 0 Å². The van der Waals surface area contributed by atoms with Crippen LogP contribution in [0.1, 0.15) is 53.9 Å². The number of hydrogen-bond donors (Lipinski definition) is 0. The molecule has 1 atom stereocenters. The van der Waals surface area contributed by atoms with E-state index in [0.717, 1.165) is 5.92 Å². The molecule has 1 aliphatic carbocycles. The molecule has 0 spiro atoms. The zero-order valence-electron chi connectivity index (χ0n) is 10.9. The van der Waals surface area contributed by atoms with Gasteiger partial charge in [-0.3, -0.25) is 0 Å². The molecule has 0 bridgehead atoms. The first kappa shape index (κ1) is 13.0. The molecule has 1 aliphatic rings. The highest BCUT2D eigenvalue weighted by atomic mass is 31.0. The topological polar surface area (TPSA) is 0 Å². The Kier molecular flexibility index (Phi) is 4.18. The molecule has 0 heterocycles. The molecule has 1 unspecified atom stereocenters. The zero-order chi connectivity index (χ0) is 11.6. The third-order valence-corrected chi connectivity index (χ3v) is 3.44. The van der Waals surface area contributed by atoms with Crippen molar-refractivity contribution in [1.29, 1.82) is 0 Å². The molecule has 1 fully saturated rings. The maximum absolute atomic E-state index is 2.93. The van der Waals surface area contributed by atoms with E-state index in [2.05, 4.69) is 49.9 Å². The Morgan fingerprint density at radius 1 is 1.40 bits per heavy atom. The Hall–Kier alpha value is -0.0900. The van der Waals surface area contributed by atoms with E-state index in [9.17, 15) is 0 Å². The molecule has 0 aromatic heterocycles. The molecule has 86 valence electrons. The summed E-state index contributed by atoms with van der Waals surface area (Å²) in [4.78, 5) is 0. The fourth-order valence-corrected chi connectivity index (χ4v) is 1.66. The lowest BCUT2D eigenvalue weighted by molar-refractivity contribution is 0.647. The Morgan fingerprint density at radius 2 is 1.93 bits per heavy atom. The van der Waals surface area contributed by atoms with Gasteiger partial charge < -0.3 is 0 Å². The van der Waals surface area contributed by atoms with E-state index in [0.29, 0.717) is 0 Å². The molecule has 0 aromatic carbocycles. The van der Waals surface area contributed by atoms with Gasteiger partial charge in [-0.15, -0.1) is 9.24 Å². The molecule has 0 amide bonds. The van der Waals surface area contributed by atoms with Crippen molar-refractivity contribution in [2.45, 2.75) is 59.0 Å². The summed E-state index contributed by atoms with van der Waals surface area (Å²) in [5, 5.41) is 0.234. The summed E-state index contributed by atoms with van der Waals surface area (Å²) in [6, 6.07) is 0. The molecule has 0 nitrogen and oxygen atoms in total. The van der Waals surface area contributed by atoms with Crippen LogP contribution in [0.25, 0.3) is 0 Å². The minimum atomic E-state index is 0.234. The van der Waals surface area contributed by atoms with Crippen LogP contribution in [0.3, 0.4) is 0 Å². The second-order valence-electron chi connectivity index (χ2n) is 5.78. The van der Waals surface area contributed by atoms with E-state index in [1.54, 1.807) is 11.1 Å². The van der Waals surface area contributed by atoms with Gasteiger partial charge in [0.1, 0.15) is 0 Å². The van der Waals surface area contributed by atoms with Crippen molar-refractivity contribution in [3.63, 3.8) is 0 Å². The van der Waals surface area contributed by atoms with E-state index in [1.165, 1.54) is 24.8 Å². The lowest BCUT2D eigenvalue weighted by Gasteiger charge is -2.20. The van der Waals surface area contributed by atoms with E-state index in [1.807, 2.05) is 0 Å². The summed E-state index contributed by atoms with van der Waals surface area (Å²) < 4.78 is 0. The van der Waals surface area contributed by atoms with Crippen molar-refractivity contribution in [2.24, 2.45) is 5.92 Å². The monoisotopic (exact) mass is 224 g/mol. The number of allylic oxidation sites excluding steroid dienone is 4. The third kappa shape index (κ3) is 4.51. The molecular formula is C14H25P. The summed E-state index contributed by atoms with van der Waals surface area (Å²) >= 11 is 0. The van der Waals surface area contributed by atoms with E-state index < -0.39 is 0 Å². The van der Waals surface area contributed by atoms with Crippen LogP contribution in [0.5, 0.6) is 0 Å². The lowest BCUT2D eigenvalue weighted by atomic mass is 9.96. The second kappa shape index (κ2) is 4.83. The smallest absolute Gasteiger partial charge is 0.0000822 e. The van der Waals surface area contributed by atoms with Gasteiger partial charge in [0.15, 0.2) is 0 Å². The minimum Gasteiger partial charge on any atom is -0.127 e. The molecule has 15 heavy (non-hydrogen) atoms. The van der Waals surface area contributed by atoms with Gasteiger partial charge in [-0.1, -0.05) is 44.9 Å². The summed E-state index contributed by atoms with van der Waals surface area (Å²) in [7, 11) is 2.93. The fourth-order valence-electron chi connectivity index (χ4n) is 1.58. The van der Waals surface area contributed by atoms with Crippen molar-refractivity contribution >= 4 is 9.24 Å². The molecule has 0 aliphatic heterocycles. The molecule has 1 saturated carbocycles. The largest absolute Gasteiger partial charge is 0.127 e. The highest BCUT2D eigenvalue weighted by Gasteiger charge is 2.19. The quantitative estimate of drug-likeness (QED) is 0.606. The van der Waals surface area contributed by atoms with Crippen LogP contribution in [0.4, 0.5) is 0 Å². The van der Waals surface area contributed by atoms with Gasteiger partial charge in [0.05, 0.1) is 0 Å². The Morgan fingerprint density at radius 3 is 2.27 bits per heavy atom. The van der Waals surface area contributed by atoms with Gasteiger partial charge in [-0.05, 0) is 37.7 Å². The van der Waals surface area contributed by atoms with Gasteiger partial charge >= 0.3 is 0 Å².